The van der Waals surface area contributed by atoms with Crippen molar-refractivity contribution in [1.29, 1.82) is 0 Å². The Morgan fingerprint density at radius 3 is 2.65 bits per heavy atom. The second-order valence-corrected chi connectivity index (χ2v) is 7.71. The van der Waals surface area contributed by atoms with Gasteiger partial charge in [0.25, 0.3) is 5.91 Å². The molecular formula is C18H23Cl2N5O. The number of carbonyl (C=O) groups is 1. The summed E-state index contributed by atoms with van der Waals surface area (Å²) in [4.78, 5) is 19.2. The molecule has 0 radical (unpaired) electrons. The number of aromatic nitrogens is 3. The monoisotopic (exact) mass is 395 g/mol. The number of para-hydroxylation sites is 1. The van der Waals surface area contributed by atoms with Crippen LogP contribution in [0.15, 0.2) is 18.2 Å². The van der Waals surface area contributed by atoms with Gasteiger partial charge in [-0.1, -0.05) is 43.1 Å². The summed E-state index contributed by atoms with van der Waals surface area (Å²) in [6, 6.07) is 5.27. The molecule has 1 aliphatic heterocycles. The van der Waals surface area contributed by atoms with Crippen LogP contribution in [-0.4, -0.2) is 52.3 Å². The van der Waals surface area contributed by atoms with Gasteiger partial charge >= 0.3 is 0 Å². The van der Waals surface area contributed by atoms with Crippen LogP contribution in [0.3, 0.4) is 0 Å². The lowest BCUT2D eigenvalue weighted by molar-refractivity contribution is 0.0775. The zero-order valence-electron chi connectivity index (χ0n) is 15.2. The van der Waals surface area contributed by atoms with Crippen LogP contribution in [0.25, 0.3) is 5.69 Å². The fourth-order valence-electron chi connectivity index (χ4n) is 3.26. The Kier molecular flexibility index (Phi) is 5.85. The molecule has 1 unspecified atom stereocenters. The Morgan fingerprint density at radius 1 is 1.35 bits per heavy atom. The van der Waals surface area contributed by atoms with Crippen molar-refractivity contribution in [2.75, 3.05) is 26.7 Å². The van der Waals surface area contributed by atoms with Crippen molar-refractivity contribution in [1.82, 2.24) is 25.0 Å². The molecule has 0 spiro atoms. The highest BCUT2D eigenvalue weighted by Crippen LogP contribution is 2.30. The van der Waals surface area contributed by atoms with E-state index in [2.05, 4.69) is 15.4 Å². The average Bonchev–Trinajstić information content (AvgIpc) is 3.22. The number of nitrogens with one attached hydrogen (secondary N) is 1. The third-order valence-corrected chi connectivity index (χ3v) is 5.17. The molecule has 8 heteroatoms. The van der Waals surface area contributed by atoms with Crippen LogP contribution < -0.4 is 5.32 Å². The molecule has 1 aromatic heterocycles. The molecular weight excluding hydrogens is 373 g/mol. The minimum Gasteiger partial charge on any atom is -0.336 e. The van der Waals surface area contributed by atoms with Crippen LogP contribution in [-0.2, 0) is 0 Å². The van der Waals surface area contributed by atoms with E-state index in [-0.39, 0.29) is 17.6 Å². The smallest absolute Gasteiger partial charge is 0.293 e. The molecule has 1 N–H and O–H groups in total. The van der Waals surface area contributed by atoms with Crippen molar-refractivity contribution in [2.24, 2.45) is 5.92 Å². The number of rotatable bonds is 5. The number of benzene rings is 1. The Bertz CT molecular complexity index is 785. The molecule has 1 fully saturated rings. The average molecular weight is 396 g/mol. The van der Waals surface area contributed by atoms with Crippen molar-refractivity contribution >= 4 is 29.1 Å². The predicted octanol–water partition coefficient (Wildman–Crippen LogP) is 3.38. The Morgan fingerprint density at radius 2 is 2.04 bits per heavy atom. The largest absolute Gasteiger partial charge is 0.336 e. The first-order valence-electron chi connectivity index (χ1n) is 8.77. The number of halogens is 2. The van der Waals surface area contributed by atoms with Gasteiger partial charge in [0, 0.05) is 19.0 Å². The molecule has 0 saturated carbocycles. The molecule has 1 saturated heterocycles. The number of hydrogen-bond acceptors (Lipinski definition) is 4. The van der Waals surface area contributed by atoms with E-state index >= 15 is 0 Å². The van der Waals surface area contributed by atoms with Crippen molar-refractivity contribution in [2.45, 2.75) is 26.2 Å². The standard InChI is InChI=1S/C18H23Cl2N5O/c1-11(2)17-22-16(18(26)24-8-7-12(10-24)9-21-3)23-25(17)15-13(19)5-4-6-14(15)20/h4-6,11-12,21H,7-10H2,1-3H3. The summed E-state index contributed by atoms with van der Waals surface area (Å²) in [5.41, 5.74) is 0.556. The highest BCUT2D eigenvalue weighted by molar-refractivity contribution is 6.37. The lowest BCUT2D eigenvalue weighted by Gasteiger charge is -2.14. The molecule has 0 aliphatic carbocycles. The summed E-state index contributed by atoms with van der Waals surface area (Å²) in [7, 11) is 1.93. The van der Waals surface area contributed by atoms with Crippen LogP contribution in [0.2, 0.25) is 10.0 Å². The van der Waals surface area contributed by atoms with E-state index in [1.807, 2.05) is 25.8 Å². The highest BCUT2D eigenvalue weighted by Gasteiger charge is 2.30. The number of carbonyl (C=O) groups excluding carboxylic acids is 1. The van der Waals surface area contributed by atoms with Gasteiger partial charge in [-0.3, -0.25) is 4.79 Å². The van der Waals surface area contributed by atoms with Gasteiger partial charge < -0.3 is 10.2 Å². The lowest BCUT2D eigenvalue weighted by Crippen LogP contribution is -2.31. The van der Waals surface area contributed by atoms with Crippen molar-refractivity contribution in [3.05, 3.63) is 39.9 Å². The maximum atomic E-state index is 12.9. The maximum Gasteiger partial charge on any atom is 0.293 e. The molecule has 2 heterocycles. The summed E-state index contributed by atoms with van der Waals surface area (Å²) in [6.07, 6.45) is 0.987. The van der Waals surface area contributed by atoms with E-state index in [0.717, 1.165) is 26.1 Å². The van der Waals surface area contributed by atoms with Gasteiger partial charge in [-0.2, -0.15) is 0 Å². The van der Waals surface area contributed by atoms with E-state index in [9.17, 15) is 4.79 Å². The summed E-state index contributed by atoms with van der Waals surface area (Å²) < 4.78 is 1.60. The molecule has 0 bridgehead atoms. The quantitative estimate of drug-likeness (QED) is 0.842. The lowest BCUT2D eigenvalue weighted by atomic mass is 10.1. The van der Waals surface area contributed by atoms with E-state index < -0.39 is 0 Å². The third kappa shape index (κ3) is 3.72. The molecule has 1 amide bonds. The Balaban J connectivity index is 1.94. The van der Waals surface area contributed by atoms with E-state index in [0.29, 0.717) is 27.5 Å². The molecule has 3 rings (SSSR count). The number of hydrogen-bond donors (Lipinski definition) is 1. The molecule has 140 valence electrons. The van der Waals surface area contributed by atoms with Crippen molar-refractivity contribution in [3.63, 3.8) is 0 Å². The summed E-state index contributed by atoms with van der Waals surface area (Å²) in [5.74, 6) is 1.23. The molecule has 6 nitrogen and oxygen atoms in total. The van der Waals surface area contributed by atoms with Gasteiger partial charge in [0.05, 0.1) is 10.0 Å². The number of nitrogens with zero attached hydrogens (tertiary/aromatic N) is 4. The Hall–Kier alpha value is -1.63. The first kappa shape index (κ1) is 19.1. The predicted molar refractivity (Wildman–Crippen MR) is 103 cm³/mol. The van der Waals surface area contributed by atoms with Gasteiger partial charge in [-0.05, 0) is 38.1 Å². The van der Waals surface area contributed by atoms with Crippen molar-refractivity contribution < 1.29 is 4.79 Å². The molecule has 1 aromatic carbocycles. The first-order valence-corrected chi connectivity index (χ1v) is 9.53. The van der Waals surface area contributed by atoms with Gasteiger partial charge in [-0.25, -0.2) is 9.67 Å². The second-order valence-electron chi connectivity index (χ2n) is 6.89. The number of likely N-dealkylation sites (tertiary alicyclic amines) is 1. The van der Waals surface area contributed by atoms with Crippen LogP contribution in [0.5, 0.6) is 0 Å². The highest BCUT2D eigenvalue weighted by atomic mass is 35.5. The number of amides is 1. The summed E-state index contributed by atoms with van der Waals surface area (Å²) in [6.45, 7) is 6.34. The SMILES string of the molecule is CNCC1CCN(C(=O)c2nc(C(C)C)n(-c3c(Cl)cccc3Cl)n2)C1. The molecule has 1 aliphatic rings. The molecule has 26 heavy (non-hydrogen) atoms. The zero-order chi connectivity index (χ0) is 18.8. The maximum absolute atomic E-state index is 12.9. The normalized spacial score (nSPS) is 17.3. The van der Waals surface area contributed by atoms with E-state index in [1.54, 1.807) is 22.9 Å². The van der Waals surface area contributed by atoms with Gasteiger partial charge in [0.1, 0.15) is 11.5 Å². The second kappa shape index (κ2) is 7.94. The fourth-order valence-corrected chi connectivity index (χ4v) is 3.82. The molecule has 2 aromatic rings. The van der Waals surface area contributed by atoms with Crippen LogP contribution in [0, 0.1) is 5.92 Å². The third-order valence-electron chi connectivity index (χ3n) is 4.56. The summed E-state index contributed by atoms with van der Waals surface area (Å²) in [5, 5.41) is 8.58. The Labute approximate surface area is 163 Å². The van der Waals surface area contributed by atoms with Crippen molar-refractivity contribution in [3.8, 4) is 5.69 Å². The first-order chi connectivity index (χ1) is 12.4. The van der Waals surface area contributed by atoms with Crippen LogP contribution in [0.1, 0.15) is 42.6 Å². The van der Waals surface area contributed by atoms with Gasteiger partial charge in [-0.15, -0.1) is 5.10 Å². The fraction of sp³-hybridized carbons (Fsp3) is 0.500. The van der Waals surface area contributed by atoms with Crippen LogP contribution >= 0.6 is 23.2 Å². The molecule has 1 atom stereocenters. The van der Waals surface area contributed by atoms with Crippen LogP contribution in [0.4, 0.5) is 0 Å². The van der Waals surface area contributed by atoms with Gasteiger partial charge in [0.15, 0.2) is 0 Å². The summed E-state index contributed by atoms with van der Waals surface area (Å²) >= 11 is 12.7. The minimum atomic E-state index is -0.146. The zero-order valence-corrected chi connectivity index (χ0v) is 16.7. The van der Waals surface area contributed by atoms with E-state index in [1.165, 1.54) is 0 Å². The minimum absolute atomic E-state index is 0.0620. The van der Waals surface area contributed by atoms with E-state index in [4.69, 9.17) is 23.2 Å². The topological polar surface area (TPSA) is 63.1 Å². The van der Waals surface area contributed by atoms with Gasteiger partial charge in [0.2, 0.25) is 5.82 Å².